The number of para-hydroxylation sites is 1. The summed E-state index contributed by atoms with van der Waals surface area (Å²) in [5.41, 5.74) is 4.93. The summed E-state index contributed by atoms with van der Waals surface area (Å²) in [6.45, 7) is 3.91. The Labute approximate surface area is 205 Å². The number of nitrogens with one attached hydrogen (secondary N) is 1. The summed E-state index contributed by atoms with van der Waals surface area (Å²) in [5.74, 6) is -0.206. The first kappa shape index (κ1) is 21.8. The monoisotopic (exact) mass is 464 g/mol. The lowest BCUT2D eigenvalue weighted by Crippen LogP contribution is -2.33. The van der Waals surface area contributed by atoms with E-state index in [9.17, 15) is 14.4 Å². The molecular weight excluding hydrogens is 436 g/mol. The van der Waals surface area contributed by atoms with Crippen molar-refractivity contribution in [2.75, 3.05) is 10.2 Å². The Morgan fingerprint density at radius 3 is 2.26 bits per heavy atom. The Morgan fingerprint density at radius 2 is 1.51 bits per heavy atom. The number of anilines is 2. The van der Waals surface area contributed by atoms with Crippen LogP contribution in [0.2, 0.25) is 0 Å². The average Bonchev–Trinajstić information content (AvgIpc) is 3.53. The van der Waals surface area contributed by atoms with Crippen LogP contribution in [0.15, 0.2) is 72.8 Å². The number of fused-ring (bicyclic) bond motifs is 5. The molecule has 2 bridgehead atoms. The first-order valence-electron chi connectivity index (χ1n) is 12.3. The quantitative estimate of drug-likeness (QED) is 0.520. The maximum absolute atomic E-state index is 13.6. The smallest absolute Gasteiger partial charge is 0.255 e. The Kier molecular flexibility index (Phi) is 5.10. The molecule has 0 aromatic heterocycles. The first-order valence-corrected chi connectivity index (χ1v) is 12.3. The Balaban J connectivity index is 1.27. The van der Waals surface area contributed by atoms with Crippen molar-refractivity contribution in [3.63, 3.8) is 0 Å². The molecule has 0 spiro atoms. The van der Waals surface area contributed by atoms with Crippen LogP contribution in [0, 0.1) is 37.5 Å². The second-order valence-corrected chi connectivity index (χ2v) is 10.2. The number of carbonyl (C=O) groups is 3. The molecule has 2 saturated carbocycles. The molecule has 0 radical (unpaired) electrons. The molecule has 1 aliphatic heterocycles. The highest BCUT2D eigenvalue weighted by atomic mass is 16.2. The van der Waals surface area contributed by atoms with E-state index in [0.717, 1.165) is 29.7 Å². The van der Waals surface area contributed by atoms with Gasteiger partial charge >= 0.3 is 0 Å². The molecule has 176 valence electrons. The zero-order chi connectivity index (χ0) is 24.3. The van der Waals surface area contributed by atoms with E-state index in [-0.39, 0.29) is 41.4 Å². The summed E-state index contributed by atoms with van der Waals surface area (Å²) < 4.78 is 0. The number of imide groups is 1. The van der Waals surface area contributed by atoms with Crippen molar-refractivity contribution < 1.29 is 14.4 Å². The molecule has 3 amide bonds. The number of carbonyl (C=O) groups excluding carboxylic acids is 3. The molecule has 1 heterocycles. The topological polar surface area (TPSA) is 66.5 Å². The fraction of sp³-hybridized carbons (Fsp3) is 0.300. The van der Waals surface area contributed by atoms with Crippen molar-refractivity contribution in [3.8, 4) is 0 Å². The second kappa shape index (κ2) is 8.19. The molecule has 2 aliphatic carbocycles. The van der Waals surface area contributed by atoms with Crippen LogP contribution in [0.1, 0.15) is 45.8 Å². The Morgan fingerprint density at radius 1 is 0.829 bits per heavy atom. The standard InChI is InChI=1S/C30H28N2O3/c1-17-8-6-9-18(2)27(17)31-28(33)20-12-7-13-22(14-20)32-29(34)25-21-15-23(19-10-4-3-5-11-19)24(16-21)26(25)30(32)35/h3-14,21,23-26H,15-16H2,1-2H3,(H,31,33)/t21-,23-,24+,25+,26+/m0/s1. The number of rotatable bonds is 4. The minimum absolute atomic E-state index is 0.105. The molecule has 3 aromatic carbocycles. The Hall–Kier alpha value is -3.73. The third-order valence-electron chi connectivity index (χ3n) is 8.33. The summed E-state index contributed by atoms with van der Waals surface area (Å²) in [5, 5.41) is 3.00. The SMILES string of the molecule is Cc1cccc(C)c1NC(=O)c1cccc(N2C(=O)[C@@H]3[C@@H]4C[C@@H]([C@H]3C2=O)[C@H](c2ccccc2)C4)c1. The van der Waals surface area contributed by atoms with Crippen molar-refractivity contribution in [3.05, 3.63) is 95.1 Å². The van der Waals surface area contributed by atoms with Crippen molar-refractivity contribution >= 4 is 29.1 Å². The van der Waals surface area contributed by atoms with Crippen molar-refractivity contribution in [2.45, 2.75) is 32.6 Å². The zero-order valence-corrected chi connectivity index (χ0v) is 19.9. The molecule has 1 N–H and O–H groups in total. The lowest BCUT2D eigenvalue weighted by molar-refractivity contribution is -0.123. The number of aryl methyl sites for hydroxylation is 2. The van der Waals surface area contributed by atoms with Gasteiger partial charge < -0.3 is 5.32 Å². The summed E-state index contributed by atoms with van der Waals surface area (Å²) in [6, 6.07) is 23.1. The molecule has 5 atom stereocenters. The van der Waals surface area contributed by atoms with Gasteiger partial charge in [-0.1, -0.05) is 54.6 Å². The molecule has 3 fully saturated rings. The number of amides is 3. The average molecular weight is 465 g/mol. The highest BCUT2D eigenvalue weighted by Crippen LogP contribution is 2.61. The van der Waals surface area contributed by atoms with Gasteiger partial charge in [0.25, 0.3) is 5.91 Å². The van der Waals surface area contributed by atoms with Gasteiger partial charge in [0.15, 0.2) is 0 Å². The lowest BCUT2D eigenvalue weighted by atomic mass is 9.73. The van der Waals surface area contributed by atoms with Crippen molar-refractivity contribution in [2.24, 2.45) is 23.7 Å². The van der Waals surface area contributed by atoms with Gasteiger partial charge in [-0.15, -0.1) is 0 Å². The van der Waals surface area contributed by atoms with Gasteiger partial charge in [0.2, 0.25) is 11.8 Å². The highest BCUT2D eigenvalue weighted by molar-refractivity contribution is 6.23. The van der Waals surface area contributed by atoms with Gasteiger partial charge in [-0.05, 0) is 79.3 Å². The van der Waals surface area contributed by atoms with Crippen molar-refractivity contribution in [1.29, 1.82) is 0 Å². The maximum atomic E-state index is 13.6. The van der Waals surface area contributed by atoms with Gasteiger partial charge in [0, 0.05) is 11.3 Å². The molecule has 3 aromatic rings. The van der Waals surface area contributed by atoms with Crippen LogP contribution in [0.3, 0.4) is 0 Å². The fourth-order valence-corrected chi connectivity index (χ4v) is 6.78. The van der Waals surface area contributed by atoms with E-state index in [1.54, 1.807) is 24.3 Å². The third kappa shape index (κ3) is 3.41. The molecule has 3 aliphatic rings. The van der Waals surface area contributed by atoms with E-state index in [4.69, 9.17) is 0 Å². The van der Waals surface area contributed by atoms with Crippen LogP contribution in [0.25, 0.3) is 0 Å². The van der Waals surface area contributed by atoms with E-state index in [2.05, 4.69) is 17.4 Å². The summed E-state index contributed by atoms with van der Waals surface area (Å²) >= 11 is 0. The summed E-state index contributed by atoms with van der Waals surface area (Å²) in [4.78, 5) is 41.5. The van der Waals surface area contributed by atoms with Gasteiger partial charge in [-0.2, -0.15) is 0 Å². The number of hydrogen-bond donors (Lipinski definition) is 1. The fourth-order valence-electron chi connectivity index (χ4n) is 6.78. The summed E-state index contributed by atoms with van der Waals surface area (Å²) in [7, 11) is 0. The van der Waals surface area contributed by atoms with Crippen molar-refractivity contribution in [1.82, 2.24) is 0 Å². The predicted octanol–water partition coefficient (Wildman–Crippen LogP) is 5.48. The predicted molar refractivity (Wildman–Crippen MR) is 135 cm³/mol. The molecular formula is C30H28N2O3. The minimum atomic E-state index is -0.265. The van der Waals surface area contributed by atoms with Crippen LogP contribution >= 0.6 is 0 Å². The minimum Gasteiger partial charge on any atom is -0.322 e. The molecule has 0 unspecified atom stereocenters. The van der Waals surface area contributed by atoms with Crippen LogP contribution < -0.4 is 10.2 Å². The largest absolute Gasteiger partial charge is 0.322 e. The van der Waals surface area contributed by atoms with E-state index in [1.165, 1.54) is 10.5 Å². The molecule has 35 heavy (non-hydrogen) atoms. The molecule has 5 heteroatoms. The number of benzene rings is 3. The lowest BCUT2D eigenvalue weighted by Gasteiger charge is -2.28. The number of nitrogens with zero attached hydrogens (tertiary/aromatic N) is 1. The zero-order valence-electron chi connectivity index (χ0n) is 19.9. The van der Waals surface area contributed by atoms with Gasteiger partial charge in [-0.3, -0.25) is 19.3 Å². The van der Waals surface area contributed by atoms with Gasteiger partial charge in [-0.25, -0.2) is 0 Å². The Bertz CT molecular complexity index is 1330. The maximum Gasteiger partial charge on any atom is 0.255 e. The third-order valence-corrected chi connectivity index (χ3v) is 8.33. The van der Waals surface area contributed by atoms with Crippen LogP contribution in [-0.4, -0.2) is 17.7 Å². The van der Waals surface area contributed by atoms with E-state index >= 15 is 0 Å². The molecule has 1 saturated heterocycles. The van der Waals surface area contributed by atoms with E-state index in [1.807, 2.05) is 50.2 Å². The summed E-state index contributed by atoms with van der Waals surface area (Å²) in [6.07, 6.45) is 1.90. The second-order valence-electron chi connectivity index (χ2n) is 10.2. The van der Waals surface area contributed by atoms with E-state index < -0.39 is 0 Å². The number of hydrogen-bond acceptors (Lipinski definition) is 3. The molecule has 5 nitrogen and oxygen atoms in total. The van der Waals surface area contributed by atoms with Crippen LogP contribution in [-0.2, 0) is 9.59 Å². The first-order chi connectivity index (χ1) is 16.9. The van der Waals surface area contributed by atoms with Gasteiger partial charge in [0.05, 0.1) is 17.5 Å². The molecule has 6 rings (SSSR count). The highest BCUT2D eigenvalue weighted by Gasteiger charge is 2.64. The van der Waals surface area contributed by atoms with Crippen LogP contribution in [0.5, 0.6) is 0 Å². The normalized spacial score (nSPS) is 26.8. The van der Waals surface area contributed by atoms with E-state index in [0.29, 0.717) is 17.2 Å². The van der Waals surface area contributed by atoms with Crippen LogP contribution in [0.4, 0.5) is 11.4 Å². The van der Waals surface area contributed by atoms with Gasteiger partial charge in [0.1, 0.15) is 0 Å².